The Morgan fingerprint density at radius 3 is 3.06 bits per heavy atom. The second kappa shape index (κ2) is 3.70. The van der Waals surface area contributed by atoms with Crippen LogP contribution in [0.15, 0.2) is 53.8 Å². The van der Waals surface area contributed by atoms with Gasteiger partial charge in [0.2, 0.25) is 0 Å². The van der Waals surface area contributed by atoms with Crippen LogP contribution in [0.5, 0.6) is 0 Å². The summed E-state index contributed by atoms with van der Waals surface area (Å²) in [5.41, 5.74) is 8.22. The summed E-state index contributed by atoms with van der Waals surface area (Å²) in [6, 6.07) is 6.11. The van der Waals surface area contributed by atoms with Crippen LogP contribution in [0, 0.1) is 0 Å². The average Bonchev–Trinajstić information content (AvgIpc) is 2.61. The van der Waals surface area contributed by atoms with Crippen molar-refractivity contribution in [1.82, 2.24) is 10.7 Å². The topological polar surface area (TPSA) is 38.5 Å². The molecule has 0 saturated heterocycles. The largest absolute Gasteiger partial charge is 0.361 e. The molecule has 0 fully saturated rings. The average molecular weight is 208 g/mol. The molecule has 1 N–H and O–H groups in total. The Hall–Kier alpha value is -2.29. The number of hydrogen-bond acceptors (Lipinski definition) is 2. The lowest BCUT2D eigenvalue weighted by Gasteiger charge is -2.07. The first-order chi connectivity index (χ1) is 7.93. The smallest absolute Gasteiger partial charge is 0.0945 e. The zero-order valence-corrected chi connectivity index (χ0v) is 8.59. The highest BCUT2D eigenvalue weighted by Crippen LogP contribution is 2.23. The van der Waals surface area contributed by atoms with E-state index in [0.29, 0.717) is 0 Å². The van der Waals surface area contributed by atoms with E-state index < -0.39 is 0 Å². The maximum atomic E-state index is 4.01. The zero-order valence-electron chi connectivity index (χ0n) is 8.59. The van der Waals surface area contributed by atoms with Gasteiger partial charge in [-0.05, 0) is 29.8 Å². The highest BCUT2D eigenvalue weighted by atomic mass is 15.3. The van der Waals surface area contributed by atoms with Crippen LogP contribution in [0.2, 0.25) is 0 Å². The first-order valence-corrected chi connectivity index (χ1v) is 5.12. The number of rotatable bonds is 1. The van der Waals surface area contributed by atoms with Crippen LogP contribution in [0.4, 0.5) is 5.69 Å². The van der Waals surface area contributed by atoms with Crippen molar-refractivity contribution < 1.29 is 0 Å². The highest BCUT2D eigenvalue weighted by Gasteiger charge is 2.09. The molecule has 1 aromatic carbocycles. The van der Waals surface area contributed by atoms with Gasteiger partial charge in [-0.2, -0.15) is 10.5 Å². The van der Waals surface area contributed by atoms with Crippen molar-refractivity contribution in [2.75, 3.05) is 0 Å². The molecule has 77 valence electrons. The van der Waals surface area contributed by atoms with Gasteiger partial charge in [-0.1, -0.05) is 18.2 Å². The third-order valence-corrected chi connectivity index (χ3v) is 2.52. The Morgan fingerprint density at radius 1 is 1.06 bits per heavy atom. The second-order valence-corrected chi connectivity index (χ2v) is 3.59. The van der Waals surface area contributed by atoms with Crippen molar-refractivity contribution in [2.45, 2.75) is 0 Å². The molecular formula is C13H10N3. The number of nitrogens with zero attached hydrogens (tertiary/aromatic N) is 2. The van der Waals surface area contributed by atoms with Gasteiger partial charge in [0.05, 0.1) is 11.9 Å². The van der Waals surface area contributed by atoms with Crippen molar-refractivity contribution in [2.24, 2.45) is 5.10 Å². The molecule has 0 unspecified atom stereocenters. The summed E-state index contributed by atoms with van der Waals surface area (Å²) < 4.78 is 0. The molecule has 2 heterocycles. The van der Waals surface area contributed by atoms with Crippen LogP contribution in [0.25, 0.3) is 5.70 Å². The van der Waals surface area contributed by atoms with Gasteiger partial charge in [0.15, 0.2) is 0 Å². The van der Waals surface area contributed by atoms with Crippen LogP contribution in [-0.2, 0) is 0 Å². The molecule has 2 aliphatic heterocycles. The third kappa shape index (κ3) is 1.52. The van der Waals surface area contributed by atoms with E-state index in [9.17, 15) is 0 Å². The minimum atomic E-state index is 0.934. The Bertz CT molecular complexity index is 536. The van der Waals surface area contributed by atoms with Crippen molar-refractivity contribution >= 4 is 17.6 Å². The predicted octanol–water partition coefficient (Wildman–Crippen LogP) is 2.28. The number of benzene rings is 1. The SMILES string of the molecule is C1=CC=C(c2ccc3c(c2)C=N[N]3)NC=C1. The Balaban J connectivity index is 2.01. The van der Waals surface area contributed by atoms with Crippen LogP contribution in [0.3, 0.4) is 0 Å². The molecule has 0 spiro atoms. The van der Waals surface area contributed by atoms with E-state index in [-0.39, 0.29) is 0 Å². The van der Waals surface area contributed by atoms with Gasteiger partial charge in [0.1, 0.15) is 0 Å². The Morgan fingerprint density at radius 2 is 2.06 bits per heavy atom. The molecule has 3 heteroatoms. The molecule has 3 nitrogen and oxygen atoms in total. The summed E-state index contributed by atoms with van der Waals surface area (Å²) in [4.78, 5) is 0. The van der Waals surface area contributed by atoms with Crippen molar-refractivity contribution in [3.05, 3.63) is 59.8 Å². The maximum Gasteiger partial charge on any atom is 0.0945 e. The van der Waals surface area contributed by atoms with Crippen molar-refractivity contribution in [3.8, 4) is 0 Å². The van der Waals surface area contributed by atoms with Crippen molar-refractivity contribution in [3.63, 3.8) is 0 Å². The normalized spacial score (nSPS) is 16.1. The van der Waals surface area contributed by atoms with Crippen LogP contribution >= 0.6 is 0 Å². The molecule has 0 amide bonds. The Labute approximate surface area is 93.9 Å². The minimum Gasteiger partial charge on any atom is -0.361 e. The lowest BCUT2D eigenvalue weighted by atomic mass is 10.1. The van der Waals surface area contributed by atoms with E-state index in [1.54, 1.807) is 6.21 Å². The van der Waals surface area contributed by atoms with Crippen molar-refractivity contribution in [1.29, 1.82) is 0 Å². The van der Waals surface area contributed by atoms with E-state index in [4.69, 9.17) is 0 Å². The number of nitrogens with one attached hydrogen (secondary N) is 1. The molecule has 3 rings (SSSR count). The highest BCUT2D eigenvalue weighted by molar-refractivity contribution is 5.90. The molecule has 2 aliphatic rings. The quantitative estimate of drug-likeness (QED) is 0.755. The van der Waals surface area contributed by atoms with Gasteiger partial charge < -0.3 is 5.32 Å². The summed E-state index contributed by atoms with van der Waals surface area (Å²) in [6.45, 7) is 0. The van der Waals surface area contributed by atoms with Gasteiger partial charge in [-0.3, -0.25) is 0 Å². The van der Waals surface area contributed by atoms with E-state index in [2.05, 4.69) is 21.9 Å². The zero-order chi connectivity index (χ0) is 10.8. The molecule has 0 atom stereocenters. The fraction of sp³-hybridized carbons (Fsp3) is 0. The summed E-state index contributed by atoms with van der Waals surface area (Å²) in [5, 5.41) is 7.12. The lowest BCUT2D eigenvalue weighted by molar-refractivity contribution is 0.991. The molecule has 16 heavy (non-hydrogen) atoms. The summed E-state index contributed by atoms with van der Waals surface area (Å²) >= 11 is 0. The molecule has 0 saturated carbocycles. The summed E-state index contributed by atoms with van der Waals surface area (Å²) in [7, 11) is 0. The van der Waals surface area contributed by atoms with Crippen LogP contribution < -0.4 is 10.7 Å². The first-order valence-electron chi connectivity index (χ1n) is 5.12. The van der Waals surface area contributed by atoms with Crippen LogP contribution in [-0.4, -0.2) is 6.21 Å². The lowest BCUT2D eigenvalue weighted by Crippen LogP contribution is -2.03. The number of fused-ring (bicyclic) bond motifs is 1. The second-order valence-electron chi connectivity index (χ2n) is 3.59. The van der Waals surface area contributed by atoms with E-state index in [1.165, 1.54) is 0 Å². The molecule has 1 aromatic rings. The molecule has 0 bridgehead atoms. The molecule has 0 aliphatic carbocycles. The van der Waals surface area contributed by atoms with Gasteiger partial charge in [0, 0.05) is 17.5 Å². The molecule has 0 aromatic heterocycles. The standard InChI is InChI=1S/C13H10N3/c1-2-4-12(14-7-3-1)10-5-6-13-11(8-10)9-15-16-13/h1-9,14H. The fourth-order valence-corrected chi connectivity index (χ4v) is 1.71. The number of hydrogen-bond donors (Lipinski definition) is 1. The summed E-state index contributed by atoms with van der Waals surface area (Å²) in [5.74, 6) is 0. The van der Waals surface area contributed by atoms with Gasteiger partial charge in [0.25, 0.3) is 0 Å². The Kier molecular flexibility index (Phi) is 2.07. The monoisotopic (exact) mass is 208 g/mol. The van der Waals surface area contributed by atoms with E-state index >= 15 is 0 Å². The van der Waals surface area contributed by atoms with Gasteiger partial charge >= 0.3 is 0 Å². The third-order valence-electron chi connectivity index (χ3n) is 2.52. The fourth-order valence-electron chi connectivity index (χ4n) is 1.71. The van der Waals surface area contributed by atoms with Crippen LogP contribution in [0.1, 0.15) is 11.1 Å². The van der Waals surface area contributed by atoms with E-state index in [0.717, 1.165) is 22.5 Å². The summed E-state index contributed by atoms with van der Waals surface area (Å²) in [6.07, 6.45) is 11.7. The van der Waals surface area contributed by atoms with Gasteiger partial charge in [-0.25, -0.2) is 0 Å². The minimum absolute atomic E-state index is 0.934. The molecular weight excluding hydrogens is 198 g/mol. The number of allylic oxidation sites excluding steroid dienone is 4. The predicted molar refractivity (Wildman–Crippen MR) is 65.2 cm³/mol. The van der Waals surface area contributed by atoms with E-state index in [1.807, 2.05) is 42.6 Å². The molecule has 1 radical (unpaired) electrons. The maximum absolute atomic E-state index is 4.01. The first kappa shape index (κ1) is 8.97. The van der Waals surface area contributed by atoms with Gasteiger partial charge in [-0.15, -0.1) is 0 Å².